The smallest absolute Gasteiger partial charge is 0.262 e. The molecule has 0 unspecified atom stereocenters. The quantitative estimate of drug-likeness (QED) is 0.480. The zero-order chi connectivity index (χ0) is 25.9. The number of anilines is 1. The molecule has 2 aromatic rings. The van der Waals surface area contributed by atoms with E-state index in [1.807, 2.05) is 0 Å². The van der Waals surface area contributed by atoms with Crippen molar-refractivity contribution >= 4 is 21.6 Å². The lowest BCUT2D eigenvalue weighted by molar-refractivity contribution is 0.113. The molecule has 4 rings (SSSR count). The maximum atomic E-state index is 13.3. The van der Waals surface area contributed by atoms with Crippen molar-refractivity contribution in [2.75, 3.05) is 39.6 Å². The monoisotopic (exact) mass is 517 g/mol. The standard InChI is InChI=1S/C25H35N5O5S/c1-26-22(16-7-5-4-6-8-16)21-24(27-2)28-23(29-25(21)32)19-10-9-18(15-20(19)35-3)36(33,34)30-13-11-17(31)12-14-30/h9-10,15-17,31H,4-8,11-14H2,1-3H3,(H2,27,28,29,32). The van der Waals surface area contributed by atoms with Gasteiger partial charge in [-0.3, -0.25) is 9.79 Å². The summed E-state index contributed by atoms with van der Waals surface area (Å²) in [5.74, 6) is 1.20. The number of hydrogen-bond acceptors (Lipinski definition) is 8. The molecule has 11 heteroatoms. The highest BCUT2D eigenvalue weighted by atomic mass is 32.2. The van der Waals surface area contributed by atoms with E-state index in [4.69, 9.17) is 4.74 Å². The normalized spacial score (nSPS) is 18.8. The number of ether oxygens (including phenoxy) is 1. The van der Waals surface area contributed by atoms with Crippen molar-refractivity contribution in [1.82, 2.24) is 14.3 Å². The number of H-pyrrole nitrogens is 1. The molecule has 2 heterocycles. The van der Waals surface area contributed by atoms with E-state index in [1.165, 1.54) is 30.0 Å². The van der Waals surface area contributed by atoms with E-state index in [1.54, 1.807) is 20.2 Å². The van der Waals surface area contributed by atoms with Gasteiger partial charge < -0.3 is 20.1 Å². The molecule has 1 saturated heterocycles. The van der Waals surface area contributed by atoms with Crippen LogP contribution >= 0.6 is 0 Å². The van der Waals surface area contributed by atoms with Crippen LogP contribution in [0.15, 0.2) is 32.9 Å². The highest BCUT2D eigenvalue weighted by Crippen LogP contribution is 2.33. The molecule has 0 spiro atoms. The lowest BCUT2D eigenvalue weighted by atomic mass is 9.83. The summed E-state index contributed by atoms with van der Waals surface area (Å²) >= 11 is 0. The lowest BCUT2D eigenvalue weighted by Gasteiger charge is -2.28. The van der Waals surface area contributed by atoms with Crippen LogP contribution in [-0.4, -0.2) is 73.9 Å². The molecule has 0 bridgehead atoms. The number of nitrogens with zero attached hydrogens (tertiary/aromatic N) is 3. The van der Waals surface area contributed by atoms with E-state index in [9.17, 15) is 18.3 Å². The maximum absolute atomic E-state index is 13.3. The van der Waals surface area contributed by atoms with Crippen molar-refractivity contribution in [2.24, 2.45) is 10.9 Å². The fourth-order valence-electron chi connectivity index (χ4n) is 5.15. The van der Waals surface area contributed by atoms with E-state index in [0.29, 0.717) is 29.8 Å². The minimum absolute atomic E-state index is 0.0880. The Balaban J connectivity index is 1.71. The van der Waals surface area contributed by atoms with Crippen molar-refractivity contribution in [2.45, 2.75) is 55.9 Å². The molecule has 10 nitrogen and oxygen atoms in total. The molecule has 36 heavy (non-hydrogen) atoms. The van der Waals surface area contributed by atoms with Gasteiger partial charge in [0.1, 0.15) is 23.0 Å². The summed E-state index contributed by atoms with van der Waals surface area (Å²) in [6.45, 7) is 0.523. The Labute approximate surface area is 211 Å². The first-order chi connectivity index (χ1) is 17.3. The van der Waals surface area contributed by atoms with E-state index in [-0.39, 0.29) is 41.0 Å². The number of rotatable bonds is 7. The van der Waals surface area contributed by atoms with Gasteiger partial charge in [0.15, 0.2) is 0 Å². The molecule has 1 aromatic heterocycles. The van der Waals surface area contributed by atoms with Crippen LogP contribution in [0.2, 0.25) is 0 Å². The summed E-state index contributed by atoms with van der Waals surface area (Å²) in [6.07, 6.45) is 5.76. The molecule has 1 aliphatic carbocycles. The average molecular weight is 518 g/mol. The number of aromatic amines is 1. The first kappa shape index (κ1) is 26.3. The van der Waals surface area contributed by atoms with Crippen molar-refractivity contribution in [3.05, 3.63) is 34.1 Å². The van der Waals surface area contributed by atoms with Gasteiger partial charge in [-0.15, -0.1) is 0 Å². The number of hydrogen-bond donors (Lipinski definition) is 3. The third-order valence-electron chi connectivity index (χ3n) is 7.13. The Hall–Kier alpha value is -2.76. The molecule has 1 aliphatic heterocycles. The zero-order valence-electron chi connectivity index (χ0n) is 21.1. The van der Waals surface area contributed by atoms with Gasteiger partial charge in [-0.25, -0.2) is 13.4 Å². The highest BCUT2D eigenvalue weighted by molar-refractivity contribution is 7.89. The van der Waals surface area contributed by atoms with E-state index in [0.717, 1.165) is 31.4 Å². The Kier molecular flexibility index (Phi) is 8.11. The SMILES string of the molecule is CN=C(c1c(NC)nc(-c2ccc(S(=O)(=O)N3CCC(O)CC3)cc2OC)[nH]c1=O)C1CCCCC1. The molecule has 0 atom stereocenters. The lowest BCUT2D eigenvalue weighted by Crippen LogP contribution is -2.40. The fourth-order valence-corrected chi connectivity index (χ4v) is 6.64. The number of nitrogens with one attached hydrogen (secondary N) is 2. The second-order valence-corrected chi connectivity index (χ2v) is 11.3. The first-order valence-corrected chi connectivity index (χ1v) is 13.9. The summed E-state index contributed by atoms with van der Waals surface area (Å²) in [6, 6.07) is 4.54. The van der Waals surface area contributed by atoms with Crippen LogP contribution in [-0.2, 0) is 10.0 Å². The minimum atomic E-state index is -3.75. The van der Waals surface area contributed by atoms with E-state index >= 15 is 0 Å². The number of aliphatic imine (C=N–C) groups is 1. The summed E-state index contributed by atoms with van der Waals surface area (Å²) in [5, 5.41) is 12.8. The second kappa shape index (κ2) is 11.1. The third-order valence-corrected chi connectivity index (χ3v) is 9.03. The highest BCUT2D eigenvalue weighted by Gasteiger charge is 2.30. The maximum Gasteiger partial charge on any atom is 0.262 e. The summed E-state index contributed by atoms with van der Waals surface area (Å²) < 4.78 is 33.2. The van der Waals surface area contributed by atoms with E-state index < -0.39 is 16.1 Å². The number of aliphatic hydroxyl groups is 1. The molecule has 1 aromatic carbocycles. The molecule has 3 N–H and O–H groups in total. The summed E-state index contributed by atoms with van der Waals surface area (Å²) in [5.41, 5.74) is 1.37. The predicted octanol–water partition coefficient (Wildman–Crippen LogP) is 2.63. The van der Waals surface area contributed by atoms with Crippen LogP contribution < -0.4 is 15.6 Å². The number of sulfonamides is 1. The Morgan fingerprint density at radius 1 is 1.19 bits per heavy atom. The van der Waals surface area contributed by atoms with Crippen LogP contribution in [0.3, 0.4) is 0 Å². The van der Waals surface area contributed by atoms with Crippen molar-refractivity contribution in [3.8, 4) is 17.1 Å². The molecule has 1 saturated carbocycles. The van der Waals surface area contributed by atoms with Gasteiger partial charge in [0, 0.05) is 39.2 Å². The molecular weight excluding hydrogens is 482 g/mol. The number of methoxy groups -OCH3 is 1. The Morgan fingerprint density at radius 2 is 1.89 bits per heavy atom. The molecule has 0 radical (unpaired) electrons. The van der Waals surface area contributed by atoms with Gasteiger partial charge in [0.2, 0.25) is 10.0 Å². The number of piperidine rings is 1. The number of aromatic nitrogens is 2. The average Bonchev–Trinajstić information content (AvgIpc) is 2.90. The van der Waals surface area contributed by atoms with Crippen molar-refractivity contribution in [1.29, 1.82) is 0 Å². The van der Waals surface area contributed by atoms with Crippen LogP contribution in [0, 0.1) is 5.92 Å². The molecule has 2 fully saturated rings. The van der Waals surface area contributed by atoms with Crippen molar-refractivity contribution < 1.29 is 18.3 Å². The Bertz CT molecular complexity index is 1280. The summed E-state index contributed by atoms with van der Waals surface area (Å²) in [4.78, 5) is 25.4. The largest absolute Gasteiger partial charge is 0.496 e. The first-order valence-electron chi connectivity index (χ1n) is 12.5. The van der Waals surface area contributed by atoms with Crippen LogP contribution in [0.1, 0.15) is 50.5 Å². The molecule has 2 aliphatic rings. The predicted molar refractivity (Wildman–Crippen MR) is 139 cm³/mol. The minimum Gasteiger partial charge on any atom is -0.496 e. The van der Waals surface area contributed by atoms with E-state index in [2.05, 4.69) is 20.3 Å². The number of aliphatic hydroxyl groups excluding tert-OH is 1. The van der Waals surface area contributed by atoms with Gasteiger partial charge >= 0.3 is 0 Å². The molecular formula is C25H35N5O5S. The second-order valence-electron chi connectivity index (χ2n) is 9.33. The van der Waals surface area contributed by atoms with Crippen LogP contribution in [0.5, 0.6) is 5.75 Å². The van der Waals surface area contributed by atoms with Crippen LogP contribution in [0.25, 0.3) is 11.4 Å². The Morgan fingerprint density at radius 3 is 2.50 bits per heavy atom. The van der Waals surface area contributed by atoms with Crippen molar-refractivity contribution in [3.63, 3.8) is 0 Å². The molecule has 0 amide bonds. The van der Waals surface area contributed by atoms with Gasteiger partial charge in [0.25, 0.3) is 5.56 Å². The van der Waals surface area contributed by atoms with Gasteiger partial charge in [-0.1, -0.05) is 19.3 Å². The third kappa shape index (κ3) is 5.18. The fraction of sp³-hybridized carbons (Fsp3) is 0.560. The zero-order valence-corrected chi connectivity index (χ0v) is 21.9. The molecule has 196 valence electrons. The van der Waals surface area contributed by atoms with Gasteiger partial charge in [0.05, 0.1) is 29.4 Å². The van der Waals surface area contributed by atoms with Crippen LogP contribution in [0.4, 0.5) is 5.82 Å². The van der Waals surface area contributed by atoms with Gasteiger partial charge in [-0.05, 0) is 37.8 Å². The summed E-state index contributed by atoms with van der Waals surface area (Å²) in [7, 11) is 1.12. The number of benzene rings is 1. The van der Waals surface area contributed by atoms with Gasteiger partial charge in [-0.2, -0.15) is 4.31 Å². The topological polar surface area (TPSA) is 137 Å².